The molecule has 0 rings (SSSR count). The van der Waals surface area contributed by atoms with Crippen LogP contribution in [-0.2, 0) is 11.2 Å². The molecule has 0 spiro atoms. The molecular weight excluding hydrogens is 306 g/mol. The van der Waals surface area contributed by atoms with Crippen LogP contribution < -0.4 is 0 Å². The SMILES string of the molecule is O.O.O.O.O.O.O.O.O.[Cl][Fe]([Cl])[Cl]. The van der Waals surface area contributed by atoms with Gasteiger partial charge >= 0.3 is 41.5 Å². The average molecular weight is 324 g/mol. The topological polar surface area (TPSA) is 284 Å². The molecule has 13 heteroatoms. The van der Waals surface area contributed by atoms with E-state index in [2.05, 4.69) is 0 Å². The first-order valence-electron chi connectivity index (χ1n) is 0.401. The first kappa shape index (κ1) is 147. The summed E-state index contributed by atoms with van der Waals surface area (Å²) < 4.78 is 0. The molecule has 18 N–H and O–H groups in total. The Balaban J connectivity index is -0.00000000125. The van der Waals surface area contributed by atoms with Gasteiger partial charge in [0.15, 0.2) is 0 Å². The van der Waals surface area contributed by atoms with E-state index in [9.17, 15) is 0 Å². The molecule has 0 saturated carbocycles. The van der Waals surface area contributed by atoms with E-state index in [0.29, 0.717) is 0 Å². The van der Waals surface area contributed by atoms with Gasteiger partial charge in [-0.05, 0) is 0 Å². The Kier molecular flexibility index (Phi) is 1310. The van der Waals surface area contributed by atoms with E-state index in [1.165, 1.54) is 0 Å². The molecule has 9 nitrogen and oxygen atoms in total. The maximum absolute atomic E-state index is 4.89. The first-order chi connectivity index (χ1) is 1.73. The van der Waals surface area contributed by atoms with Crippen LogP contribution in [0.2, 0.25) is 0 Å². The molecule has 0 atom stereocenters. The van der Waals surface area contributed by atoms with Crippen LogP contribution in [0.1, 0.15) is 0 Å². The summed E-state index contributed by atoms with van der Waals surface area (Å²) in [5.41, 5.74) is 0. The van der Waals surface area contributed by atoms with Crippen molar-refractivity contribution in [1.82, 2.24) is 0 Å². The van der Waals surface area contributed by atoms with Crippen molar-refractivity contribution in [3.63, 3.8) is 0 Å². The van der Waals surface area contributed by atoms with Crippen LogP contribution >= 0.6 is 30.3 Å². The van der Waals surface area contributed by atoms with Crippen molar-refractivity contribution in [3.05, 3.63) is 0 Å². The van der Waals surface area contributed by atoms with Crippen molar-refractivity contribution >= 4 is 30.3 Å². The Morgan fingerprint density at radius 2 is 0.385 bits per heavy atom. The minimum atomic E-state index is -1.33. The number of halogens is 3. The predicted molar refractivity (Wildman–Crippen MR) is 50.1 cm³/mol. The third-order valence-corrected chi connectivity index (χ3v) is 0. The van der Waals surface area contributed by atoms with Crippen molar-refractivity contribution in [3.8, 4) is 0 Å². The van der Waals surface area contributed by atoms with E-state index in [-0.39, 0.29) is 49.3 Å². The van der Waals surface area contributed by atoms with Crippen LogP contribution in [0.4, 0.5) is 0 Å². The van der Waals surface area contributed by atoms with Crippen molar-refractivity contribution in [2.24, 2.45) is 0 Å². The molecule has 0 bridgehead atoms. The van der Waals surface area contributed by atoms with Crippen LogP contribution in [0.3, 0.4) is 0 Å². The Bertz CT molecular complexity index is 19.6. The second-order valence-electron chi connectivity index (χ2n) is 0.152. The van der Waals surface area contributed by atoms with E-state index < -0.39 is 11.2 Å². The molecule has 0 radical (unpaired) electrons. The predicted octanol–water partition coefficient (Wildman–Crippen LogP) is -5.36. The summed E-state index contributed by atoms with van der Waals surface area (Å²) in [4.78, 5) is 0. The van der Waals surface area contributed by atoms with Crippen molar-refractivity contribution in [1.29, 1.82) is 0 Å². The van der Waals surface area contributed by atoms with Crippen LogP contribution in [0, 0.1) is 0 Å². The third-order valence-electron chi connectivity index (χ3n) is 0. The molecule has 0 aliphatic rings. The summed E-state index contributed by atoms with van der Waals surface area (Å²) in [6.07, 6.45) is 0. The van der Waals surface area contributed by atoms with Gasteiger partial charge in [0.05, 0.1) is 0 Å². The van der Waals surface area contributed by atoms with Gasteiger partial charge in [-0.2, -0.15) is 0 Å². The summed E-state index contributed by atoms with van der Waals surface area (Å²) in [6.45, 7) is 0. The standard InChI is InChI=1S/3ClH.Fe.9H2O/h3*1H;;9*1H2/q;;;+3;;;;;;;;;/p-3. The molecule has 0 unspecified atom stereocenters. The van der Waals surface area contributed by atoms with Gasteiger partial charge in [-0.3, -0.25) is 0 Å². The normalized spacial score (nSPS) is 3.46. The molecule has 101 valence electrons. The van der Waals surface area contributed by atoms with Gasteiger partial charge in [-0.1, -0.05) is 0 Å². The molecule has 0 aromatic carbocycles. The fraction of sp³-hybridized carbons (Fsp3) is 0. The Morgan fingerprint density at radius 3 is 0.385 bits per heavy atom. The van der Waals surface area contributed by atoms with E-state index in [0.717, 1.165) is 0 Å². The van der Waals surface area contributed by atoms with E-state index >= 15 is 0 Å². The third kappa shape index (κ3) is 1500. The zero-order valence-corrected chi connectivity index (χ0v) is 9.36. The Labute approximate surface area is 90.9 Å². The van der Waals surface area contributed by atoms with Gasteiger partial charge < -0.3 is 49.3 Å². The van der Waals surface area contributed by atoms with Crippen LogP contribution in [0.5, 0.6) is 0 Å². The zero-order chi connectivity index (χ0) is 3.58. The molecular formula is H18Cl3FeO9. The van der Waals surface area contributed by atoms with Crippen molar-refractivity contribution in [2.75, 3.05) is 0 Å². The van der Waals surface area contributed by atoms with Crippen molar-refractivity contribution in [2.45, 2.75) is 0 Å². The van der Waals surface area contributed by atoms with Gasteiger partial charge in [0.2, 0.25) is 0 Å². The van der Waals surface area contributed by atoms with Crippen LogP contribution in [-0.4, -0.2) is 49.3 Å². The molecule has 0 fully saturated rings. The molecule has 0 aliphatic carbocycles. The quantitative estimate of drug-likeness (QED) is 0.377. The number of hydrogen-bond acceptors (Lipinski definition) is 0. The summed E-state index contributed by atoms with van der Waals surface area (Å²) in [7, 11) is 14.7. The van der Waals surface area contributed by atoms with Gasteiger partial charge in [0.1, 0.15) is 0 Å². The van der Waals surface area contributed by atoms with Gasteiger partial charge in [0.25, 0.3) is 0 Å². The zero-order valence-electron chi connectivity index (χ0n) is 5.99. The molecule has 0 aliphatic heterocycles. The second kappa shape index (κ2) is 116. The monoisotopic (exact) mass is 323 g/mol. The van der Waals surface area contributed by atoms with Gasteiger partial charge in [-0.15, -0.1) is 0 Å². The minimum absolute atomic E-state index is 0. The summed E-state index contributed by atoms with van der Waals surface area (Å²) in [5.74, 6) is 0. The van der Waals surface area contributed by atoms with Gasteiger partial charge in [0, 0.05) is 0 Å². The molecule has 0 amide bonds. The van der Waals surface area contributed by atoms with E-state index in [1.54, 1.807) is 0 Å². The molecule has 0 heterocycles. The van der Waals surface area contributed by atoms with E-state index in [1.807, 2.05) is 0 Å². The Morgan fingerprint density at radius 1 is 0.385 bits per heavy atom. The fourth-order valence-corrected chi connectivity index (χ4v) is 0. The van der Waals surface area contributed by atoms with E-state index in [4.69, 9.17) is 30.3 Å². The number of rotatable bonds is 0. The average Bonchev–Trinajstić information content (AvgIpc) is 0.811. The molecule has 0 aromatic heterocycles. The van der Waals surface area contributed by atoms with Crippen LogP contribution in [0.25, 0.3) is 0 Å². The fourth-order valence-electron chi connectivity index (χ4n) is 0. The molecule has 0 aromatic rings. The second-order valence-corrected chi connectivity index (χ2v) is 5.62. The van der Waals surface area contributed by atoms with Crippen LogP contribution in [0.15, 0.2) is 0 Å². The maximum atomic E-state index is 4.89. The summed E-state index contributed by atoms with van der Waals surface area (Å²) in [6, 6.07) is 0. The molecule has 13 heavy (non-hydrogen) atoms. The summed E-state index contributed by atoms with van der Waals surface area (Å²) >= 11 is -1.33. The van der Waals surface area contributed by atoms with Gasteiger partial charge in [-0.25, -0.2) is 0 Å². The first-order valence-corrected chi connectivity index (χ1v) is 4.96. The van der Waals surface area contributed by atoms with Crippen molar-refractivity contribution < 1.29 is 60.5 Å². The molecule has 0 saturated heterocycles. The number of hydrogen-bond donors (Lipinski definition) is 0. The summed E-state index contributed by atoms with van der Waals surface area (Å²) in [5, 5.41) is 0. The Hall–Kier alpha value is 1.03.